The van der Waals surface area contributed by atoms with Crippen molar-refractivity contribution in [2.45, 2.75) is 6.10 Å². The Bertz CT molecular complexity index is 788. The second-order valence-electron chi connectivity index (χ2n) is 5.68. The van der Waals surface area contributed by atoms with E-state index in [0.29, 0.717) is 0 Å². The lowest BCUT2D eigenvalue weighted by Gasteiger charge is -2.21. The molecule has 2 aromatic rings. The molecule has 2 aromatic carbocycles. The van der Waals surface area contributed by atoms with Gasteiger partial charge in [-0.3, -0.25) is 4.52 Å². The maximum absolute atomic E-state index is 12.3. The first kappa shape index (κ1) is 17.6. The SMILES string of the molecule is CN(CCOP(=O)(O)O)C(=O)OC1c2ccccc2-c2ccccc21. The van der Waals surface area contributed by atoms with Crippen molar-refractivity contribution in [1.82, 2.24) is 4.90 Å². The topological polar surface area (TPSA) is 96.3 Å². The smallest absolute Gasteiger partial charge is 0.436 e. The van der Waals surface area contributed by atoms with E-state index in [1.807, 2.05) is 48.5 Å². The number of nitrogens with zero attached hydrogens (tertiary/aromatic N) is 1. The molecule has 1 amide bonds. The van der Waals surface area contributed by atoms with Crippen LogP contribution < -0.4 is 0 Å². The van der Waals surface area contributed by atoms with Gasteiger partial charge in [-0.15, -0.1) is 0 Å². The highest BCUT2D eigenvalue weighted by Gasteiger charge is 2.31. The standard InChI is InChI=1S/C17H18NO6P/c1-18(10-11-23-25(20,21)22)17(19)24-16-14-8-4-2-6-12(14)13-7-3-5-9-15(13)16/h2-9,16H,10-11H2,1H3,(H2,20,21,22). The van der Waals surface area contributed by atoms with Crippen LogP contribution in [-0.2, 0) is 13.8 Å². The molecule has 1 aliphatic rings. The van der Waals surface area contributed by atoms with Crippen molar-refractivity contribution in [2.24, 2.45) is 0 Å². The van der Waals surface area contributed by atoms with E-state index in [0.717, 1.165) is 22.3 Å². The van der Waals surface area contributed by atoms with E-state index in [4.69, 9.17) is 14.5 Å². The molecule has 0 saturated carbocycles. The third-order valence-electron chi connectivity index (χ3n) is 3.99. The molecule has 0 bridgehead atoms. The molecule has 132 valence electrons. The Labute approximate surface area is 145 Å². The zero-order valence-electron chi connectivity index (χ0n) is 13.5. The average molecular weight is 363 g/mol. The molecule has 25 heavy (non-hydrogen) atoms. The van der Waals surface area contributed by atoms with Gasteiger partial charge in [0.15, 0.2) is 6.10 Å². The summed E-state index contributed by atoms with van der Waals surface area (Å²) in [5.41, 5.74) is 3.89. The lowest BCUT2D eigenvalue weighted by Crippen LogP contribution is -2.31. The van der Waals surface area contributed by atoms with E-state index in [2.05, 4.69) is 4.52 Å². The summed E-state index contributed by atoms with van der Waals surface area (Å²) in [6.45, 7) is -0.284. The summed E-state index contributed by atoms with van der Waals surface area (Å²) < 4.78 is 20.7. The predicted molar refractivity (Wildman–Crippen MR) is 90.8 cm³/mol. The van der Waals surface area contributed by atoms with E-state index in [9.17, 15) is 9.36 Å². The molecule has 0 atom stereocenters. The fraction of sp³-hybridized carbons (Fsp3) is 0.235. The molecule has 0 saturated heterocycles. The Hall–Kier alpha value is -2.18. The number of rotatable bonds is 5. The van der Waals surface area contributed by atoms with Crippen molar-refractivity contribution >= 4 is 13.9 Å². The number of carbonyl (C=O) groups excluding carboxylic acids is 1. The van der Waals surface area contributed by atoms with E-state index >= 15 is 0 Å². The van der Waals surface area contributed by atoms with Crippen molar-refractivity contribution in [3.8, 4) is 11.1 Å². The molecule has 8 heteroatoms. The molecule has 0 spiro atoms. The quantitative estimate of drug-likeness (QED) is 0.793. The number of fused-ring (bicyclic) bond motifs is 3. The van der Waals surface area contributed by atoms with Crippen molar-refractivity contribution in [3.05, 3.63) is 59.7 Å². The maximum atomic E-state index is 12.3. The van der Waals surface area contributed by atoms with Crippen LogP contribution in [0.5, 0.6) is 0 Å². The molecule has 0 aromatic heterocycles. The summed E-state index contributed by atoms with van der Waals surface area (Å²) in [7, 11) is -3.06. The van der Waals surface area contributed by atoms with Gasteiger partial charge < -0.3 is 19.4 Å². The zero-order chi connectivity index (χ0) is 18.0. The number of hydrogen-bond donors (Lipinski definition) is 2. The maximum Gasteiger partial charge on any atom is 0.469 e. The molecule has 0 heterocycles. The summed E-state index contributed by atoms with van der Waals surface area (Å²) >= 11 is 0. The molecule has 0 radical (unpaired) electrons. The zero-order valence-corrected chi connectivity index (χ0v) is 14.4. The van der Waals surface area contributed by atoms with Crippen LogP contribution in [0.2, 0.25) is 0 Å². The lowest BCUT2D eigenvalue weighted by molar-refractivity contribution is 0.0795. The van der Waals surface area contributed by atoms with Crippen LogP contribution in [0.1, 0.15) is 17.2 Å². The monoisotopic (exact) mass is 363 g/mol. The average Bonchev–Trinajstić information content (AvgIpc) is 2.88. The van der Waals surface area contributed by atoms with E-state index in [1.165, 1.54) is 11.9 Å². The first-order valence-corrected chi connectivity index (χ1v) is 9.20. The van der Waals surface area contributed by atoms with Gasteiger partial charge in [0.25, 0.3) is 0 Å². The number of carbonyl (C=O) groups is 1. The minimum Gasteiger partial charge on any atom is -0.436 e. The van der Waals surface area contributed by atoms with Crippen LogP contribution in [0.25, 0.3) is 11.1 Å². The molecule has 0 unspecified atom stereocenters. The summed E-state index contributed by atoms with van der Waals surface area (Å²) in [6, 6.07) is 15.5. The van der Waals surface area contributed by atoms with Gasteiger partial charge in [-0.25, -0.2) is 9.36 Å². The second-order valence-corrected chi connectivity index (χ2v) is 6.92. The predicted octanol–water partition coefficient (Wildman–Crippen LogP) is 2.93. The lowest BCUT2D eigenvalue weighted by atomic mass is 10.1. The molecule has 1 aliphatic carbocycles. The van der Waals surface area contributed by atoms with Gasteiger partial charge in [-0.05, 0) is 11.1 Å². The van der Waals surface area contributed by atoms with Crippen LogP contribution >= 0.6 is 7.82 Å². The van der Waals surface area contributed by atoms with Gasteiger partial charge in [0.05, 0.1) is 6.61 Å². The molecule has 7 nitrogen and oxygen atoms in total. The molecule has 0 fully saturated rings. The number of amides is 1. The fourth-order valence-corrected chi connectivity index (χ4v) is 3.13. The normalized spacial score (nSPS) is 13.2. The second kappa shape index (κ2) is 6.98. The van der Waals surface area contributed by atoms with Crippen LogP contribution in [-0.4, -0.2) is 41.0 Å². The molecule has 0 aliphatic heterocycles. The van der Waals surface area contributed by atoms with Crippen LogP contribution in [0.4, 0.5) is 4.79 Å². The number of phosphoric ester groups is 1. The van der Waals surface area contributed by atoms with Gasteiger partial charge in [-0.2, -0.15) is 0 Å². The first-order chi connectivity index (χ1) is 11.9. The highest BCUT2D eigenvalue weighted by molar-refractivity contribution is 7.46. The van der Waals surface area contributed by atoms with Crippen LogP contribution in [0.3, 0.4) is 0 Å². The number of hydrogen-bond acceptors (Lipinski definition) is 4. The van der Waals surface area contributed by atoms with E-state index in [-0.39, 0.29) is 13.2 Å². The third-order valence-corrected chi connectivity index (χ3v) is 4.51. The number of phosphoric acid groups is 1. The largest absolute Gasteiger partial charge is 0.469 e. The molecular formula is C17H18NO6P. The summed E-state index contributed by atoms with van der Waals surface area (Å²) in [6.07, 6.45) is -1.10. The van der Waals surface area contributed by atoms with Crippen LogP contribution in [0.15, 0.2) is 48.5 Å². The van der Waals surface area contributed by atoms with Gasteiger partial charge in [0.1, 0.15) is 0 Å². The van der Waals surface area contributed by atoms with E-state index in [1.54, 1.807) is 0 Å². The minimum absolute atomic E-state index is 0.0000427. The number of likely N-dealkylation sites (N-methyl/N-ethyl adjacent to an activating group) is 1. The summed E-state index contributed by atoms with van der Waals surface area (Å²) in [5.74, 6) is 0. The number of benzene rings is 2. The van der Waals surface area contributed by atoms with Crippen molar-refractivity contribution < 1.29 is 28.4 Å². The highest BCUT2D eigenvalue weighted by Crippen LogP contribution is 2.45. The van der Waals surface area contributed by atoms with Crippen LogP contribution in [0, 0.1) is 0 Å². The minimum atomic E-state index is -4.55. The Balaban J connectivity index is 1.72. The van der Waals surface area contributed by atoms with Gasteiger partial charge in [-0.1, -0.05) is 48.5 Å². The molecular weight excluding hydrogens is 345 g/mol. The van der Waals surface area contributed by atoms with Crippen molar-refractivity contribution in [2.75, 3.05) is 20.2 Å². The summed E-state index contributed by atoms with van der Waals surface area (Å²) in [4.78, 5) is 30.9. The summed E-state index contributed by atoms with van der Waals surface area (Å²) in [5, 5.41) is 0. The van der Waals surface area contributed by atoms with Gasteiger partial charge in [0, 0.05) is 24.7 Å². The molecule has 3 rings (SSSR count). The van der Waals surface area contributed by atoms with Gasteiger partial charge >= 0.3 is 13.9 Å². The Morgan fingerprint density at radius 3 is 2.12 bits per heavy atom. The Morgan fingerprint density at radius 2 is 1.60 bits per heavy atom. The van der Waals surface area contributed by atoms with Crippen molar-refractivity contribution in [1.29, 1.82) is 0 Å². The number of ether oxygens (including phenoxy) is 1. The van der Waals surface area contributed by atoms with Crippen molar-refractivity contribution in [3.63, 3.8) is 0 Å². The Kier molecular flexibility index (Phi) is 4.92. The van der Waals surface area contributed by atoms with E-state index < -0.39 is 20.0 Å². The fourth-order valence-electron chi connectivity index (χ4n) is 2.82. The molecule has 2 N–H and O–H groups in total. The third kappa shape index (κ3) is 3.91. The van der Waals surface area contributed by atoms with Gasteiger partial charge in [0.2, 0.25) is 0 Å². The first-order valence-electron chi connectivity index (χ1n) is 7.67. The Morgan fingerprint density at radius 1 is 1.08 bits per heavy atom. The highest BCUT2D eigenvalue weighted by atomic mass is 31.2.